The summed E-state index contributed by atoms with van der Waals surface area (Å²) in [6, 6.07) is 34.5. The monoisotopic (exact) mass is 543 g/mol. The molecule has 0 radical (unpaired) electrons. The van der Waals surface area contributed by atoms with Crippen LogP contribution < -0.4 is 4.74 Å². The molecule has 0 saturated carbocycles. The Balaban J connectivity index is 1.37. The van der Waals surface area contributed by atoms with Gasteiger partial charge in [0.25, 0.3) is 5.91 Å². The molecule has 0 N–H and O–H groups in total. The zero-order chi connectivity index (χ0) is 27.5. The van der Waals surface area contributed by atoms with E-state index in [9.17, 15) is 4.79 Å². The van der Waals surface area contributed by atoms with E-state index in [0.717, 1.165) is 40.0 Å². The highest BCUT2D eigenvalue weighted by Crippen LogP contribution is 2.37. The molecular weight excluding hydrogens is 514 g/mol. The number of hydrogen-bond donors (Lipinski definition) is 0. The van der Waals surface area contributed by atoms with Crippen LogP contribution in [0.25, 0.3) is 17.0 Å². The number of aryl methyl sites for hydroxylation is 1. The Hall–Kier alpha value is -4.55. The number of carbonyl (C=O) groups excluding carboxylic acids is 1. The van der Waals surface area contributed by atoms with Crippen molar-refractivity contribution in [2.24, 2.45) is 4.99 Å². The summed E-state index contributed by atoms with van der Waals surface area (Å²) in [5, 5.41) is 1.79. The predicted octanol–water partition coefficient (Wildman–Crippen LogP) is 7.81. The molecule has 0 aliphatic carbocycles. The van der Waals surface area contributed by atoms with E-state index >= 15 is 0 Å². The van der Waals surface area contributed by atoms with Gasteiger partial charge in [-0.15, -0.1) is 0 Å². The van der Waals surface area contributed by atoms with Crippen LogP contribution in [-0.4, -0.2) is 27.7 Å². The number of ether oxygens (including phenoxy) is 1. The van der Waals surface area contributed by atoms with Crippen LogP contribution in [-0.2, 0) is 17.9 Å². The fourth-order valence-electron chi connectivity index (χ4n) is 4.93. The lowest BCUT2D eigenvalue weighted by atomic mass is 10.1. The van der Waals surface area contributed by atoms with Gasteiger partial charge in [0.1, 0.15) is 5.75 Å². The molecule has 4 aromatic carbocycles. The molecule has 40 heavy (non-hydrogen) atoms. The molecule has 5 aromatic rings. The molecule has 0 spiro atoms. The molecule has 198 valence electrons. The van der Waals surface area contributed by atoms with Gasteiger partial charge in [0.15, 0.2) is 5.17 Å². The molecule has 0 unspecified atom stereocenters. The van der Waals surface area contributed by atoms with Crippen LogP contribution in [0.4, 0.5) is 5.69 Å². The van der Waals surface area contributed by atoms with E-state index in [1.165, 1.54) is 22.9 Å². The number of para-hydroxylation sites is 2. The zero-order valence-electron chi connectivity index (χ0n) is 22.5. The lowest BCUT2D eigenvalue weighted by molar-refractivity contribution is -0.122. The first-order valence-electron chi connectivity index (χ1n) is 13.2. The van der Waals surface area contributed by atoms with Crippen molar-refractivity contribution in [3.8, 4) is 5.75 Å². The molecule has 1 fully saturated rings. The highest BCUT2D eigenvalue weighted by molar-refractivity contribution is 8.18. The zero-order valence-corrected chi connectivity index (χ0v) is 23.3. The Bertz CT molecular complexity index is 1740. The Morgan fingerprint density at radius 1 is 0.850 bits per heavy atom. The third-order valence-corrected chi connectivity index (χ3v) is 7.92. The number of methoxy groups -OCH3 is 1. The summed E-state index contributed by atoms with van der Waals surface area (Å²) in [7, 11) is 1.65. The van der Waals surface area contributed by atoms with Crippen LogP contribution in [0, 0.1) is 6.92 Å². The minimum atomic E-state index is -0.0500. The fourth-order valence-corrected chi connectivity index (χ4v) is 5.92. The number of fused-ring (bicyclic) bond motifs is 1. The first-order valence-corrected chi connectivity index (χ1v) is 14.0. The maximum absolute atomic E-state index is 13.8. The molecular formula is C34H29N3O2S. The molecule has 1 amide bonds. The summed E-state index contributed by atoms with van der Waals surface area (Å²) in [5.74, 6) is 0.734. The summed E-state index contributed by atoms with van der Waals surface area (Å²) in [5.41, 5.74) is 6.46. The third kappa shape index (κ3) is 5.44. The highest BCUT2D eigenvalue weighted by atomic mass is 32.2. The van der Waals surface area contributed by atoms with Crippen molar-refractivity contribution in [3.63, 3.8) is 0 Å². The van der Waals surface area contributed by atoms with E-state index in [0.29, 0.717) is 16.6 Å². The van der Waals surface area contributed by atoms with E-state index in [-0.39, 0.29) is 5.91 Å². The van der Waals surface area contributed by atoms with Gasteiger partial charge in [-0.1, -0.05) is 78.4 Å². The largest absolute Gasteiger partial charge is 0.497 e. The van der Waals surface area contributed by atoms with Crippen molar-refractivity contribution in [2.45, 2.75) is 20.0 Å². The summed E-state index contributed by atoms with van der Waals surface area (Å²) >= 11 is 1.42. The van der Waals surface area contributed by atoms with Crippen molar-refractivity contribution in [1.82, 2.24) is 9.47 Å². The van der Waals surface area contributed by atoms with E-state index < -0.39 is 0 Å². The van der Waals surface area contributed by atoms with Gasteiger partial charge in [-0.3, -0.25) is 9.69 Å². The summed E-state index contributed by atoms with van der Waals surface area (Å²) < 4.78 is 7.56. The van der Waals surface area contributed by atoms with Gasteiger partial charge in [0, 0.05) is 29.2 Å². The van der Waals surface area contributed by atoms with Gasteiger partial charge >= 0.3 is 0 Å². The molecule has 6 rings (SSSR count). The van der Waals surface area contributed by atoms with E-state index in [1.807, 2.05) is 66.7 Å². The number of benzene rings is 4. The number of amidine groups is 1. The number of aromatic nitrogens is 1. The van der Waals surface area contributed by atoms with Crippen LogP contribution in [0.15, 0.2) is 119 Å². The first kappa shape index (κ1) is 25.7. The van der Waals surface area contributed by atoms with Crippen LogP contribution in [0.5, 0.6) is 5.75 Å². The SMILES string of the molecule is COc1ccc(CN2C(=O)/C(=C/c3cn(Cc4cccc(C)c4)c4ccccc34)SC2=Nc2ccccc2)cc1. The average molecular weight is 544 g/mol. The molecule has 1 aliphatic rings. The fraction of sp³-hybridized carbons (Fsp3) is 0.118. The number of amides is 1. The molecule has 6 heteroatoms. The molecule has 1 aliphatic heterocycles. The Morgan fingerprint density at radius 2 is 1.62 bits per heavy atom. The lowest BCUT2D eigenvalue weighted by Crippen LogP contribution is -2.28. The van der Waals surface area contributed by atoms with Gasteiger partial charge < -0.3 is 9.30 Å². The van der Waals surface area contributed by atoms with Crippen molar-refractivity contribution >= 4 is 45.5 Å². The average Bonchev–Trinajstić information content (AvgIpc) is 3.46. The Labute approximate surface area is 238 Å². The maximum atomic E-state index is 13.8. The molecule has 0 atom stereocenters. The van der Waals surface area contributed by atoms with Crippen LogP contribution in [0.3, 0.4) is 0 Å². The van der Waals surface area contributed by atoms with Gasteiger partial charge in [-0.05, 0) is 66.2 Å². The quantitative estimate of drug-likeness (QED) is 0.197. The first-order chi connectivity index (χ1) is 19.6. The topological polar surface area (TPSA) is 46.8 Å². The van der Waals surface area contributed by atoms with Gasteiger partial charge in [-0.2, -0.15) is 0 Å². The summed E-state index contributed by atoms with van der Waals surface area (Å²) in [6.07, 6.45) is 4.16. The number of thioether (sulfide) groups is 1. The van der Waals surface area contributed by atoms with E-state index in [4.69, 9.17) is 9.73 Å². The highest BCUT2D eigenvalue weighted by Gasteiger charge is 2.33. The predicted molar refractivity (Wildman–Crippen MR) is 165 cm³/mol. The standard InChI is InChI=1S/C34H29N3O2S/c1-24-9-8-10-26(19-24)21-36-23-27(30-13-6-7-14-31(30)36)20-32-33(38)37(22-25-15-17-29(39-2)18-16-25)34(40-32)35-28-11-4-3-5-12-28/h3-20,23H,21-22H2,1-2H3/b32-20-,35-34?. The summed E-state index contributed by atoms with van der Waals surface area (Å²) in [4.78, 5) is 21.1. The van der Waals surface area contributed by atoms with Gasteiger partial charge in [0.2, 0.25) is 0 Å². The lowest BCUT2D eigenvalue weighted by Gasteiger charge is -2.16. The molecule has 0 bridgehead atoms. The number of aliphatic imine (C=N–C) groups is 1. The van der Waals surface area contributed by atoms with Crippen molar-refractivity contribution < 1.29 is 9.53 Å². The van der Waals surface area contributed by atoms with Crippen molar-refractivity contribution in [2.75, 3.05) is 7.11 Å². The maximum Gasteiger partial charge on any atom is 0.267 e. The second-order valence-electron chi connectivity index (χ2n) is 9.80. The van der Waals surface area contributed by atoms with E-state index in [2.05, 4.69) is 60.2 Å². The van der Waals surface area contributed by atoms with E-state index in [1.54, 1.807) is 12.0 Å². The number of carbonyl (C=O) groups is 1. The normalized spacial score (nSPS) is 15.4. The second-order valence-corrected chi connectivity index (χ2v) is 10.8. The van der Waals surface area contributed by atoms with Crippen LogP contribution in [0.1, 0.15) is 22.3 Å². The Morgan fingerprint density at radius 3 is 2.40 bits per heavy atom. The van der Waals surface area contributed by atoms with Crippen LogP contribution >= 0.6 is 11.8 Å². The summed E-state index contributed by atoms with van der Waals surface area (Å²) in [6.45, 7) is 3.30. The minimum absolute atomic E-state index is 0.0500. The second kappa shape index (κ2) is 11.3. The third-order valence-electron chi connectivity index (χ3n) is 6.91. The van der Waals surface area contributed by atoms with Crippen LogP contribution in [0.2, 0.25) is 0 Å². The number of nitrogens with zero attached hydrogens (tertiary/aromatic N) is 3. The molecule has 2 heterocycles. The minimum Gasteiger partial charge on any atom is -0.497 e. The molecule has 1 aromatic heterocycles. The van der Waals surface area contributed by atoms with Crippen molar-refractivity contribution in [1.29, 1.82) is 0 Å². The molecule has 1 saturated heterocycles. The smallest absolute Gasteiger partial charge is 0.267 e. The van der Waals surface area contributed by atoms with Crippen molar-refractivity contribution in [3.05, 3.63) is 136 Å². The van der Waals surface area contributed by atoms with Gasteiger partial charge in [-0.25, -0.2) is 4.99 Å². The Kier molecular flexibility index (Phi) is 7.25. The number of hydrogen-bond acceptors (Lipinski definition) is 4. The molecule has 5 nitrogen and oxygen atoms in total. The van der Waals surface area contributed by atoms with Gasteiger partial charge in [0.05, 0.1) is 24.2 Å². The number of rotatable bonds is 7.